The molecule has 2 aromatic rings. The Labute approximate surface area is 133 Å². The van der Waals surface area contributed by atoms with E-state index in [1.807, 2.05) is 38.1 Å². The predicted molar refractivity (Wildman–Crippen MR) is 82.9 cm³/mol. The summed E-state index contributed by atoms with van der Waals surface area (Å²) in [6.45, 7) is 3.81. The number of halogens is 3. The standard InChI is InChI=1S/C18H18F3NO/c1-12-6-8-15(9-7-12)13(2)22-17(23)11-14-4-3-5-16(10-14)18(19,20)21/h3-10,13H,11H2,1-2H3,(H,22,23). The molecule has 0 bridgehead atoms. The van der Waals surface area contributed by atoms with Crippen molar-refractivity contribution >= 4 is 5.91 Å². The molecule has 1 amide bonds. The molecule has 0 spiro atoms. The molecule has 1 unspecified atom stereocenters. The van der Waals surface area contributed by atoms with Crippen LogP contribution in [0.4, 0.5) is 13.2 Å². The van der Waals surface area contributed by atoms with Crippen LogP contribution in [0, 0.1) is 6.92 Å². The van der Waals surface area contributed by atoms with E-state index in [-0.39, 0.29) is 18.4 Å². The van der Waals surface area contributed by atoms with Crippen LogP contribution in [0.5, 0.6) is 0 Å². The van der Waals surface area contributed by atoms with Gasteiger partial charge in [-0.3, -0.25) is 4.79 Å². The number of aryl methyl sites for hydroxylation is 1. The van der Waals surface area contributed by atoms with Crippen LogP contribution in [0.2, 0.25) is 0 Å². The summed E-state index contributed by atoms with van der Waals surface area (Å²) < 4.78 is 38.0. The molecule has 5 heteroatoms. The Morgan fingerprint density at radius 3 is 2.39 bits per heavy atom. The maximum absolute atomic E-state index is 12.7. The summed E-state index contributed by atoms with van der Waals surface area (Å²) in [6.07, 6.45) is -4.48. The van der Waals surface area contributed by atoms with Gasteiger partial charge in [-0.05, 0) is 31.0 Å². The summed E-state index contributed by atoms with van der Waals surface area (Å²) in [7, 11) is 0. The summed E-state index contributed by atoms with van der Waals surface area (Å²) in [5.41, 5.74) is 1.67. The Bertz CT molecular complexity index is 677. The lowest BCUT2D eigenvalue weighted by atomic mass is 10.0. The van der Waals surface area contributed by atoms with Crippen molar-refractivity contribution in [2.24, 2.45) is 0 Å². The predicted octanol–water partition coefficient (Wildman–Crippen LogP) is 4.43. The maximum Gasteiger partial charge on any atom is 0.416 e. The van der Waals surface area contributed by atoms with Crippen molar-refractivity contribution in [1.82, 2.24) is 5.32 Å². The van der Waals surface area contributed by atoms with E-state index in [9.17, 15) is 18.0 Å². The van der Waals surface area contributed by atoms with Crippen molar-refractivity contribution in [2.75, 3.05) is 0 Å². The molecule has 0 saturated carbocycles. The quantitative estimate of drug-likeness (QED) is 0.886. The maximum atomic E-state index is 12.7. The molecule has 0 aliphatic rings. The largest absolute Gasteiger partial charge is 0.416 e. The van der Waals surface area contributed by atoms with Gasteiger partial charge in [0.15, 0.2) is 0 Å². The SMILES string of the molecule is Cc1ccc(C(C)NC(=O)Cc2cccc(C(F)(F)F)c2)cc1. The highest BCUT2D eigenvalue weighted by Crippen LogP contribution is 2.29. The average molecular weight is 321 g/mol. The average Bonchev–Trinajstić information content (AvgIpc) is 2.47. The number of nitrogens with one attached hydrogen (secondary N) is 1. The lowest BCUT2D eigenvalue weighted by molar-refractivity contribution is -0.137. The molecule has 0 saturated heterocycles. The molecule has 2 aromatic carbocycles. The van der Waals surface area contributed by atoms with Crippen LogP contribution in [-0.2, 0) is 17.4 Å². The van der Waals surface area contributed by atoms with Crippen molar-refractivity contribution in [3.63, 3.8) is 0 Å². The lowest BCUT2D eigenvalue weighted by Crippen LogP contribution is -2.28. The number of rotatable bonds is 4. The number of hydrogen-bond acceptors (Lipinski definition) is 1. The van der Waals surface area contributed by atoms with E-state index in [2.05, 4.69) is 5.32 Å². The molecule has 122 valence electrons. The van der Waals surface area contributed by atoms with Crippen LogP contribution in [-0.4, -0.2) is 5.91 Å². The lowest BCUT2D eigenvalue weighted by Gasteiger charge is -2.15. The van der Waals surface area contributed by atoms with Crippen LogP contribution in [0.3, 0.4) is 0 Å². The second kappa shape index (κ2) is 6.86. The van der Waals surface area contributed by atoms with Crippen LogP contribution < -0.4 is 5.32 Å². The fourth-order valence-corrected chi connectivity index (χ4v) is 2.27. The van der Waals surface area contributed by atoms with Crippen LogP contribution in [0.25, 0.3) is 0 Å². The number of alkyl halides is 3. The number of amides is 1. The number of hydrogen-bond donors (Lipinski definition) is 1. The van der Waals surface area contributed by atoms with E-state index in [1.54, 1.807) is 0 Å². The molecule has 2 nitrogen and oxygen atoms in total. The Morgan fingerprint density at radius 1 is 1.13 bits per heavy atom. The van der Waals surface area contributed by atoms with Gasteiger partial charge in [0.2, 0.25) is 5.91 Å². The van der Waals surface area contributed by atoms with E-state index < -0.39 is 11.7 Å². The minimum Gasteiger partial charge on any atom is -0.349 e. The summed E-state index contributed by atoms with van der Waals surface area (Å²) in [4.78, 5) is 12.0. The first-order valence-electron chi connectivity index (χ1n) is 7.28. The third-order valence-corrected chi connectivity index (χ3v) is 3.57. The smallest absolute Gasteiger partial charge is 0.349 e. The van der Waals surface area contributed by atoms with E-state index in [1.165, 1.54) is 12.1 Å². The zero-order chi connectivity index (χ0) is 17.0. The van der Waals surface area contributed by atoms with Crippen LogP contribution in [0.1, 0.15) is 35.2 Å². The second-order valence-electron chi connectivity index (χ2n) is 5.57. The number of benzene rings is 2. The molecule has 1 atom stereocenters. The fourth-order valence-electron chi connectivity index (χ4n) is 2.27. The summed E-state index contributed by atoms with van der Waals surface area (Å²) >= 11 is 0. The molecule has 2 rings (SSSR count). The third kappa shape index (κ3) is 4.84. The van der Waals surface area contributed by atoms with Gasteiger partial charge in [-0.1, -0.05) is 48.0 Å². The highest BCUT2D eigenvalue weighted by molar-refractivity contribution is 5.79. The molecule has 0 aliphatic carbocycles. The number of carbonyl (C=O) groups is 1. The van der Waals surface area contributed by atoms with Gasteiger partial charge in [-0.2, -0.15) is 13.2 Å². The topological polar surface area (TPSA) is 29.1 Å². The Morgan fingerprint density at radius 2 is 1.78 bits per heavy atom. The van der Waals surface area contributed by atoms with Gasteiger partial charge in [0.1, 0.15) is 0 Å². The van der Waals surface area contributed by atoms with E-state index in [0.29, 0.717) is 5.56 Å². The highest BCUT2D eigenvalue weighted by atomic mass is 19.4. The van der Waals surface area contributed by atoms with Gasteiger partial charge in [0.25, 0.3) is 0 Å². The van der Waals surface area contributed by atoms with E-state index in [0.717, 1.165) is 23.3 Å². The second-order valence-corrected chi connectivity index (χ2v) is 5.57. The zero-order valence-corrected chi connectivity index (χ0v) is 12.9. The first-order chi connectivity index (χ1) is 10.8. The van der Waals surface area contributed by atoms with E-state index >= 15 is 0 Å². The molecule has 0 aromatic heterocycles. The normalized spacial score (nSPS) is 12.7. The van der Waals surface area contributed by atoms with Gasteiger partial charge in [0.05, 0.1) is 18.0 Å². The monoisotopic (exact) mass is 321 g/mol. The molecule has 0 aliphatic heterocycles. The van der Waals surface area contributed by atoms with Crippen molar-refractivity contribution in [1.29, 1.82) is 0 Å². The first-order valence-corrected chi connectivity index (χ1v) is 7.28. The van der Waals surface area contributed by atoms with Crippen molar-refractivity contribution < 1.29 is 18.0 Å². The Balaban J connectivity index is 2.01. The molecular formula is C18H18F3NO. The summed E-state index contributed by atoms with van der Waals surface area (Å²) in [5, 5.41) is 2.80. The molecule has 0 radical (unpaired) electrons. The third-order valence-electron chi connectivity index (χ3n) is 3.57. The highest BCUT2D eigenvalue weighted by Gasteiger charge is 2.30. The molecular weight excluding hydrogens is 303 g/mol. The number of carbonyl (C=O) groups excluding carboxylic acids is 1. The van der Waals surface area contributed by atoms with Gasteiger partial charge in [0, 0.05) is 0 Å². The van der Waals surface area contributed by atoms with Gasteiger partial charge < -0.3 is 5.32 Å². The van der Waals surface area contributed by atoms with Crippen molar-refractivity contribution in [3.05, 3.63) is 70.8 Å². The van der Waals surface area contributed by atoms with Gasteiger partial charge in [-0.25, -0.2) is 0 Å². The Hall–Kier alpha value is -2.30. The molecule has 1 N–H and O–H groups in total. The van der Waals surface area contributed by atoms with Gasteiger partial charge in [-0.15, -0.1) is 0 Å². The summed E-state index contributed by atoms with van der Waals surface area (Å²) in [5.74, 6) is -0.308. The fraction of sp³-hybridized carbons (Fsp3) is 0.278. The van der Waals surface area contributed by atoms with E-state index in [4.69, 9.17) is 0 Å². The minimum absolute atomic E-state index is 0.0832. The molecule has 0 fully saturated rings. The van der Waals surface area contributed by atoms with Crippen molar-refractivity contribution in [3.8, 4) is 0 Å². The van der Waals surface area contributed by atoms with Crippen LogP contribution in [0.15, 0.2) is 48.5 Å². The Kier molecular flexibility index (Phi) is 5.08. The van der Waals surface area contributed by atoms with Gasteiger partial charge >= 0.3 is 6.18 Å². The zero-order valence-electron chi connectivity index (χ0n) is 12.9. The molecule has 23 heavy (non-hydrogen) atoms. The molecule has 0 heterocycles. The van der Waals surface area contributed by atoms with Crippen molar-refractivity contribution in [2.45, 2.75) is 32.5 Å². The minimum atomic E-state index is -4.40. The first kappa shape index (κ1) is 17.1. The van der Waals surface area contributed by atoms with Crippen LogP contribution >= 0.6 is 0 Å². The summed E-state index contributed by atoms with van der Waals surface area (Å²) in [6, 6.07) is 12.4.